The Hall–Kier alpha value is -1.04. The fourth-order valence-corrected chi connectivity index (χ4v) is 1.35. The second-order valence-electron chi connectivity index (χ2n) is 3.23. The van der Waals surface area contributed by atoms with Crippen molar-refractivity contribution < 1.29 is 14.6 Å². The first kappa shape index (κ1) is 12.0. The Morgan fingerprint density at radius 2 is 1.87 bits per heavy atom. The molecule has 0 amide bonds. The lowest BCUT2D eigenvalue weighted by atomic mass is 10.2. The van der Waals surface area contributed by atoms with Crippen molar-refractivity contribution >= 4 is 0 Å². The zero-order chi connectivity index (χ0) is 11.1. The summed E-state index contributed by atoms with van der Waals surface area (Å²) >= 11 is 0. The third kappa shape index (κ3) is 4.33. The summed E-state index contributed by atoms with van der Waals surface area (Å²) in [6.45, 7) is 1.42. The number of aromatic nitrogens is 1. The van der Waals surface area contributed by atoms with Crippen LogP contribution in [0, 0.1) is 5.82 Å². The van der Waals surface area contributed by atoms with Crippen LogP contribution in [0.2, 0.25) is 0 Å². The third-order valence-corrected chi connectivity index (χ3v) is 2.00. The lowest BCUT2D eigenvalue weighted by Crippen LogP contribution is -2.29. The largest absolute Gasteiger partial charge is 0.395 e. The zero-order valence-electron chi connectivity index (χ0n) is 8.43. The van der Waals surface area contributed by atoms with Crippen LogP contribution < -0.4 is 0 Å². The van der Waals surface area contributed by atoms with Crippen molar-refractivity contribution in [1.29, 1.82) is 0 Å². The van der Waals surface area contributed by atoms with E-state index in [9.17, 15) is 4.39 Å². The van der Waals surface area contributed by atoms with Gasteiger partial charge in [0.2, 0.25) is 0 Å². The van der Waals surface area contributed by atoms with Gasteiger partial charge in [0, 0.05) is 25.8 Å². The van der Waals surface area contributed by atoms with Gasteiger partial charge in [-0.3, -0.25) is 9.88 Å². The fraction of sp³-hybridized carbons (Fsp3) is 0.500. The molecule has 15 heavy (non-hydrogen) atoms. The number of rotatable bonds is 6. The second kappa shape index (κ2) is 6.44. The van der Waals surface area contributed by atoms with Crippen LogP contribution in [-0.4, -0.2) is 46.4 Å². The van der Waals surface area contributed by atoms with Crippen molar-refractivity contribution in [2.75, 3.05) is 26.3 Å². The van der Waals surface area contributed by atoms with E-state index in [0.29, 0.717) is 19.6 Å². The van der Waals surface area contributed by atoms with Crippen molar-refractivity contribution in [3.05, 3.63) is 29.8 Å². The zero-order valence-corrected chi connectivity index (χ0v) is 8.43. The second-order valence-corrected chi connectivity index (χ2v) is 3.23. The van der Waals surface area contributed by atoms with Gasteiger partial charge in [-0.25, -0.2) is 4.39 Å². The first-order chi connectivity index (χ1) is 7.26. The molecule has 4 nitrogen and oxygen atoms in total. The molecule has 0 fully saturated rings. The first-order valence-corrected chi connectivity index (χ1v) is 4.79. The Labute approximate surface area is 88.0 Å². The summed E-state index contributed by atoms with van der Waals surface area (Å²) in [6.07, 6.45) is 2.72. The summed E-state index contributed by atoms with van der Waals surface area (Å²) in [4.78, 5) is 5.56. The van der Waals surface area contributed by atoms with Gasteiger partial charge in [0.15, 0.2) is 0 Å². The summed E-state index contributed by atoms with van der Waals surface area (Å²) in [7, 11) is 0. The number of aliphatic hydroxyl groups is 2. The van der Waals surface area contributed by atoms with Gasteiger partial charge in [0.1, 0.15) is 5.82 Å². The maximum absolute atomic E-state index is 12.8. The molecule has 1 aromatic rings. The van der Waals surface area contributed by atoms with E-state index in [1.54, 1.807) is 6.20 Å². The minimum atomic E-state index is -0.375. The van der Waals surface area contributed by atoms with Gasteiger partial charge < -0.3 is 10.2 Å². The monoisotopic (exact) mass is 214 g/mol. The van der Waals surface area contributed by atoms with Gasteiger partial charge in [0.05, 0.1) is 19.4 Å². The Bertz CT molecular complexity index is 291. The number of hydrogen-bond donors (Lipinski definition) is 2. The van der Waals surface area contributed by atoms with Gasteiger partial charge in [-0.1, -0.05) is 0 Å². The van der Waals surface area contributed by atoms with E-state index in [4.69, 9.17) is 10.2 Å². The smallest absolute Gasteiger partial charge is 0.141 e. The topological polar surface area (TPSA) is 56.6 Å². The Morgan fingerprint density at radius 3 is 2.40 bits per heavy atom. The highest BCUT2D eigenvalue weighted by molar-refractivity contribution is 5.09. The molecule has 2 N–H and O–H groups in total. The quantitative estimate of drug-likeness (QED) is 0.700. The van der Waals surface area contributed by atoms with Crippen LogP contribution in [-0.2, 0) is 6.54 Å². The van der Waals surface area contributed by atoms with Crippen LogP contribution in [0.15, 0.2) is 18.5 Å². The first-order valence-electron chi connectivity index (χ1n) is 4.79. The van der Waals surface area contributed by atoms with Crippen LogP contribution in [0.4, 0.5) is 4.39 Å². The number of aliphatic hydroxyl groups excluding tert-OH is 2. The SMILES string of the molecule is OCCN(CCO)Cc1cncc(F)c1. The molecular formula is C10H15FN2O2. The highest BCUT2D eigenvalue weighted by Gasteiger charge is 2.05. The molecule has 0 bridgehead atoms. The standard InChI is InChI=1S/C10H15FN2O2/c11-10-5-9(6-12-7-10)8-13(1-3-14)2-4-15/h5-7,14-15H,1-4,8H2. The highest BCUT2D eigenvalue weighted by Crippen LogP contribution is 2.04. The Kier molecular flexibility index (Phi) is 5.17. The third-order valence-electron chi connectivity index (χ3n) is 2.00. The molecule has 0 aliphatic rings. The molecule has 0 unspecified atom stereocenters. The lowest BCUT2D eigenvalue weighted by Gasteiger charge is -2.19. The Balaban J connectivity index is 2.56. The van der Waals surface area contributed by atoms with E-state index in [1.165, 1.54) is 6.07 Å². The predicted molar refractivity (Wildman–Crippen MR) is 53.6 cm³/mol. The molecule has 0 saturated heterocycles. The van der Waals surface area contributed by atoms with Crippen molar-refractivity contribution in [2.45, 2.75) is 6.54 Å². The molecule has 0 atom stereocenters. The highest BCUT2D eigenvalue weighted by atomic mass is 19.1. The molecule has 1 rings (SSSR count). The number of pyridine rings is 1. The van der Waals surface area contributed by atoms with E-state index in [1.807, 2.05) is 4.90 Å². The summed E-state index contributed by atoms with van der Waals surface area (Å²) in [5.74, 6) is -0.375. The molecule has 0 aromatic carbocycles. The maximum atomic E-state index is 12.8. The molecule has 0 aliphatic carbocycles. The minimum absolute atomic E-state index is 0.0166. The van der Waals surface area contributed by atoms with Crippen molar-refractivity contribution in [3.63, 3.8) is 0 Å². The van der Waals surface area contributed by atoms with Crippen LogP contribution in [0.3, 0.4) is 0 Å². The van der Waals surface area contributed by atoms with E-state index < -0.39 is 0 Å². The lowest BCUT2D eigenvalue weighted by molar-refractivity contribution is 0.155. The Morgan fingerprint density at radius 1 is 1.20 bits per heavy atom. The van der Waals surface area contributed by atoms with Crippen molar-refractivity contribution in [2.24, 2.45) is 0 Å². The van der Waals surface area contributed by atoms with Gasteiger partial charge in [-0.15, -0.1) is 0 Å². The minimum Gasteiger partial charge on any atom is -0.395 e. The van der Waals surface area contributed by atoms with Crippen LogP contribution in [0.1, 0.15) is 5.56 Å². The molecule has 1 aromatic heterocycles. The van der Waals surface area contributed by atoms with E-state index in [-0.39, 0.29) is 19.0 Å². The molecule has 0 radical (unpaired) electrons. The number of halogens is 1. The van der Waals surface area contributed by atoms with Gasteiger partial charge >= 0.3 is 0 Å². The molecule has 1 heterocycles. The predicted octanol–water partition coefficient (Wildman–Crippen LogP) is 0.00730. The summed E-state index contributed by atoms with van der Waals surface area (Å²) in [5, 5.41) is 17.6. The number of nitrogens with zero attached hydrogens (tertiary/aromatic N) is 2. The van der Waals surface area contributed by atoms with Gasteiger partial charge in [0.25, 0.3) is 0 Å². The number of hydrogen-bond acceptors (Lipinski definition) is 4. The normalized spacial score (nSPS) is 10.9. The maximum Gasteiger partial charge on any atom is 0.141 e. The van der Waals surface area contributed by atoms with Crippen LogP contribution in [0.5, 0.6) is 0 Å². The summed E-state index contributed by atoms with van der Waals surface area (Å²) in [5.41, 5.74) is 0.733. The fourth-order valence-electron chi connectivity index (χ4n) is 1.35. The molecule has 5 heteroatoms. The molecule has 0 aliphatic heterocycles. The van der Waals surface area contributed by atoms with E-state index >= 15 is 0 Å². The van der Waals surface area contributed by atoms with Crippen molar-refractivity contribution in [1.82, 2.24) is 9.88 Å². The summed E-state index contributed by atoms with van der Waals surface area (Å²) < 4.78 is 12.8. The molecule has 0 saturated carbocycles. The van der Waals surface area contributed by atoms with Gasteiger partial charge in [-0.05, 0) is 11.6 Å². The van der Waals surface area contributed by atoms with Crippen LogP contribution >= 0.6 is 0 Å². The van der Waals surface area contributed by atoms with Crippen molar-refractivity contribution in [3.8, 4) is 0 Å². The van der Waals surface area contributed by atoms with E-state index in [2.05, 4.69) is 4.98 Å². The van der Waals surface area contributed by atoms with Gasteiger partial charge in [-0.2, -0.15) is 0 Å². The molecular weight excluding hydrogens is 199 g/mol. The molecule has 0 spiro atoms. The molecule has 84 valence electrons. The van der Waals surface area contributed by atoms with Crippen LogP contribution in [0.25, 0.3) is 0 Å². The average Bonchev–Trinajstić information content (AvgIpc) is 2.18. The van der Waals surface area contributed by atoms with E-state index in [0.717, 1.165) is 11.8 Å². The average molecular weight is 214 g/mol. The summed E-state index contributed by atoms with van der Waals surface area (Å²) in [6, 6.07) is 1.40.